The van der Waals surface area contributed by atoms with Gasteiger partial charge in [-0.1, -0.05) is 12.1 Å². The van der Waals surface area contributed by atoms with Crippen LogP contribution in [0.15, 0.2) is 40.8 Å². The van der Waals surface area contributed by atoms with Gasteiger partial charge in [0.2, 0.25) is 0 Å². The number of carbonyl (C=O) groups is 1. The van der Waals surface area contributed by atoms with Gasteiger partial charge in [-0.25, -0.2) is 0 Å². The fourth-order valence-electron chi connectivity index (χ4n) is 3.90. The Hall–Kier alpha value is -2.78. The topological polar surface area (TPSA) is 57.5 Å². The SMILES string of the molecule is CN1CCc2c(sc3c2C(=O)N[C@@H](c2ccc(-c4cccc(C(F)(F)F)c4)o2)N3)C1. The molecule has 1 amide bonds. The van der Waals surface area contributed by atoms with Gasteiger partial charge in [-0.3, -0.25) is 4.79 Å². The second kappa shape index (κ2) is 6.88. The van der Waals surface area contributed by atoms with Crippen LogP contribution in [0, 0.1) is 0 Å². The lowest BCUT2D eigenvalue weighted by Crippen LogP contribution is -2.38. The minimum atomic E-state index is -4.42. The number of alkyl halides is 3. The predicted molar refractivity (Wildman–Crippen MR) is 107 cm³/mol. The van der Waals surface area contributed by atoms with Crippen molar-refractivity contribution < 1.29 is 22.4 Å². The third-order valence-electron chi connectivity index (χ3n) is 5.41. The number of rotatable bonds is 2. The van der Waals surface area contributed by atoms with Crippen molar-refractivity contribution in [3.05, 3.63) is 63.7 Å². The van der Waals surface area contributed by atoms with E-state index in [1.54, 1.807) is 29.5 Å². The van der Waals surface area contributed by atoms with Gasteiger partial charge in [-0.15, -0.1) is 11.3 Å². The van der Waals surface area contributed by atoms with Crippen molar-refractivity contribution in [3.63, 3.8) is 0 Å². The van der Waals surface area contributed by atoms with Crippen LogP contribution in [0.3, 0.4) is 0 Å². The van der Waals surface area contributed by atoms with Gasteiger partial charge in [0.15, 0.2) is 6.17 Å². The first kappa shape index (κ1) is 19.2. The number of hydrogen-bond acceptors (Lipinski definition) is 5. The Kier molecular flexibility index (Phi) is 4.41. The first-order valence-corrected chi connectivity index (χ1v) is 10.3. The van der Waals surface area contributed by atoms with Crippen LogP contribution in [0.1, 0.15) is 38.3 Å². The molecule has 156 valence electrons. The molecule has 5 rings (SSSR count). The fourth-order valence-corrected chi connectivity index (χ4v) is 5.25. The van der Waals surface area contributed by atoms with Gasteiger partial charge < -0.3 is 20.0 Å². The molecule has 5 nitrogen and oxygen atoms in total. The van der Waals surface area contributed by atoms with Crippen molar-refractivity contribution in [2.45, 2.75) is 25.3 Å². The molecule has 0 saturated heterocycles. The monoisotopic (exact) mass is 433 g/mol. The highest BCUT2D eigenvalue weighted by molar-refractivity contribution is 7.16. The van der Waals surface area contributed by atoms with Crippen LogP contribution in [-0.2, 0) is 19.1 Å². The van der Waals surface area contributed by atoms with E-state index in [9.17, 15) is 18.0 Å². The zero-order valence-electron chi connectivity index (χ0n) is 16.0. The Morgan fingerprint density at radius 1 is 1.20 bits per heavy atom. The molecule has 0 bridgehead atoms. The van der Waals surface area contributed by atoms with Gasteiger partial charge in [-0.2, -0.15) is 13.2 Å². The minimum Gasteiger partial charge on any atom is -0.457 e. The van der Waals surface area contributed by atoms with Gasteiger partial charge in [0, 0.05) is 23.5 Å². The normalized spacial score (nSPS) is 19.1. The van der Waals surface area contributed by atoms with Gasteiger partial charge >= 0.3 is 6.18 Å². The van der Waals surface area contributed by atoms with Crippen LogP contribution >= 0.6 is 11.3 Å². The summed E-state index contributed by atoms with van der Waals surface area (Å²) in [6.45, 7) is 1.72. The number of fused-ring (bicyclic) bond motifs is 3. The largest absolute Gasteiger partial charge is 0.457 e. The molecule has 4 heterocycles. The molecular formula is C21H18F3N3O2S. The predicted octanol–water partition coefficient (Wildman–Crippen LogP) is 4.87. The second-order valence-corrected chi connectivity index (χ2v) is 8.63. The number of amides is 1. The van der Waals surface area contributed by atoms with Crippen molar-refractivity contribution >= 4 is 22.2 Å². The number of hydrogen-bond donors (Lipinski definition) is 2. The van der Waals surface area contributed by atoms with E-state index in [2.05, 4.69) is 22.6 Å². The van der Waals surface area contributed by atoms with Crippen LogP contribution in [0.5, 0.6) is 0 Å². The highest BCUT2D eigenvalue weighted by Crippen LogP contribution is 2.41. The van der Waals surface area contributed by atoms with E-state index in [-0.39, 0.29) is 5.91 Å². The van der Waals surface area contributed by atoms with Gasteiger partial charge in [0.1, 0.15) is 16.5 Å². The van der Waals surface area contributed by atoms with E-state index in [1.165, 1.54) is 10.9 Å². The number of nitrogens with zero attached hydrogens (tertiary/aromatic N) is 1. The summed E-state index contributed by atoms with van der Waals surface area (Å²) in [4.78, 5) is 16.2. The van der Waals surface area contributed by atoms with Crippen LogP contribution < -0.4 is 10.6 Å². The lowest BCUT2D eigenvalue weighted by Gasteiger charge is -2.26. The Balaban J connectivity index is 1.42. The summed E-state index contributed by atoms with van der Waals surface area (Å²) in [6, 6.07) is 8.26. The quantitative estimate of drug-likeness (QED) is 0.606. The minimum absolute atomic E-state index is 0.159. The maximum atomic E-state index is 13.0. The fraction of sp³-hybridized carbons (Fsp3) is 0.286. The van der Waals surface area contributed by atoms with Crippen molar-refractivity contribution in [3.8, 4) is 11.3 Å². The molecule has 0 aliphatic carbocycles. The Morgan fingerprint density at radius 2 is 2.03 bits per heavy atom. The second-order valence-electron chi connectivity index (χ2n) is 7.53. The molecule has 9 heteroatoms. The van der Waals surface area contributed by atoms with Crippen molar-refractivity contribution in [2.24, 2.45) is 0 Å². The molecule has 2 aliphatic rings. The average molecular weight is 433 g/mol. The Bertz CT molecular complexity index is 1130. The number of benzene rings is 1. The summed E-state index contributed by atoms with van der Waals surface area (Å²) in [7, 11) is 2.05. The number of likely N-dealkylation sites (N-methyl/N-ethyl adjacent to an activating group) is 1. The maximum absolute atomic E-state index is 13.0. The Morgan fingerprint density at radius 3 is 2.83 bits per heavy atom. The van der Waals surface area contributed by atoms with Gasteiger partial charge in [0.05, 0.1) is 11.1 Å². The highest BCUT2D eigenvalue weighted by atomic mass is 32.1. The zero-order valence-corrected chi connectivity index (χ0v) is 16.8. The van der Waals surface area contributed by atoms with Crippen LogP contribution in [0.4, 0.5) is 18.2 Å². The maximum Gasteiger partial charge on any atom is 0.416 e. The summed E-state index contributed by atoms with van der Waals surface area (Å²) < 4.78 is 44.8. The van der Waals surface area contributed by atoms with Crippen LogP contribution in [0.2, 0.25) is 0 Å². The molecule has 3 aromatic rings. The number of thiophene rings is 1. The van der Waals surface area contributed by atoms with E-state index in [0.717, 1.165) is 42.2 Å². The summed E-state index contributed by atoms with van der Waals surface area (Å²) >= 11 is 1.57. The first-order chi connectivity index (χ1) is 14.3. The van der Waals surface area contributed by atoms with Crippen molar-refractivity contribution in [2.75, 3.05) is 18.9 Å². The third kappa shape index (κ3) is 3.27. The first-order valence-electron chi connectivity index (χ1n) is 9.47. The number of carbonyl (C=O) groups excluding carboxylic acids is 1. The molecule has 2 aliphatic heterocycles. The molecule has 0 radical (unpaired) electrons. The third-order valence-corrected chi connectivity index (χ3v) is 6.56. The van der Waals surface area contributed by atoms with E-state index in [1.807, 2.05) is 0 Å². The number of anilines is 1. The molecular weight excluding hydrogens is 415 g/mol. The molecule has 2 N–H and O–H groups in total. The number of furan rings is 1. The highest BCUT2D eigenvalue weighted by Gasteiger charge is 2.34. The zero-order chi connectivity index (χ0) is 21.0. The molecule has 0 spiro atoms. The molecule has 0 fully saturated rings. The molecule has 0 unspecified atom stereocenters. The molecule has 1 aromatic carbocycles. The lowest BCUT2D eigenvalue weighted by molar-refractivity contribution is -0.137. The standard InChI is InChI=1S/C21H18F3N3O2S/c1-27-8-7-13-16(10-27)30-20-17(13)19(28)25-18(26-20)15-6-5-14(29-15)11-3-2-4-12(9-11)21(22,23)24/h2-6,9,18,26H,7-8,10H2,1H3,(H,25,28)/t18-/m1/s1. The lowest BCUT2D eigenvalue weighted by atomic mass is 10.0. The van der Waals surface area contributed by atoms with E-state index < -0.39 is 17.9 Å². The summed E-state index contributed by atoms with van der Waals surface area (Å²) in [6.07, 6.45) is -4.17. The van der Waals surface area contributed by atoms with Gasteiger partial charge in [0.25, 0.3) is 5.91 Å². The summed E-state index contributed by atoms with van der Waals surface area (Å²) in [5.41, 5.74) is 1.39. The summed E-state index contributed by atoms with van der Waals surface area (Å²) in [5, 5.41) is 7.02. The molecule has 1 atom stereocenters. The van der Waals surface area contributed by atoms with Gasteiger partial charge in [-0.05, 0) is 43.3 Å². The van der Waals surface area contributed by atoms with E-state index in [4.69, 9.17) is 4.42 Å². The molecule has 30 heavy (non-hydrogen) atoms. The summed E-state index contributed by atoms with van der Waals surface area (Å²) in [5.74, 6) is 0.586. The van der Waals surface area contributed by atoms with Crippen LogP contribution in [0.25, 0.3) is 11.3 Å². The van der Waals surface area contributed by atoms with Crippen molar-refractivity contribution in [1.82, 2.24) is 10.2 Å². The average Bonchev–Trinajstić information content (AvgIpc) is 3.32. The van der Waals surface area contributed by atoms with Crippen molar-refractivity contribution in [1.29, 1.82) is 0 Å². The Labute approximate surface area is 174 Å². The van der Waals surface area contributed by atoms with E-state index in [0.29, 0.717) is 22.6 Å². The smallest absolute Gasteiger partial charge is 0.416 e. The van der Waals surface area contributed by atoms with Crippen LogP contribution in [-0.4, -0.2) is 24.4 Å². The molecule has 0 saturated carbocycles. The number of halogens is 3. The van der Waals surface area contributed by atoms with E-state index >= 15 is 0 Å². The number of nitrogens with one attached hydrogen (secondary N) is 2. The molecule has 2 aromatic heterocycles.